The number of ether oxygens (including phenoxy) is 1. The fraction of sp³-hybridized carbons (Fsp3) is 0.500. The van der Waals surface area contributed by atoms with Crippen molar-refractivity contribution >= 4 is 11.8 Å². The zero-order valence-corrected chi connectivity index (χ0v) is 12.3. The summed E-state index contributed by atoms with van der Waals surface area (Å²) >= 11 is 0. The Hall–Kier alpha value is -1.95. The Morgan fingerprint density at radius 2 is 2.18 bits per heavy atom. The van der Waals surface area contributed by atoms with Crippen molar-refractivity contribution in [3.8, 4) is 5.75 Å². The lowest BCUT2D eigenvalue weighted by molar-refractivity contribution is -0.154. The average molecular weight is 307 g/mol. The van der Waals surface area contributed by atoms with Gasteiger partial charge in [0.1, 0.15) is 11.6 Å². The molecule has 1 saturated heterocycles. The molecule has 1 unspecified atom stereocenters. The highest BCUT2D eigenvalue weighted by atomic mass is 19.1. The number of carboxylic acids is 1. The minimum atomic E-state index is -0.805. The number of carbonyl (C=O) groups excluding carboxylic acids is 1. The van der Waals surface area contributed by atoms with Crippen molar-refractivity contribution in [2.24, 2.45) is 11.3 Å². The van der Waals surface area contributed by atoms with Crippen LogP contribution in [0.2, 0.25) is 0 Å². The molecule has 1 spiro atoms. The standard InChI is InChI=1S/C16H18FNO4/c1-2-22-12-5-10(17)3-4-11(12)13(19)14-16(8-18-14)6-9(7-16)15(20)21/h3-5,9,14,18H,2,6-8H2,1H3,(H,20,21). The fourth-order valence-corrected chi connectivity index (χ4v) is 3.47. The van der Waals surface area contributed by atoms with Crippen LogP contribution in [0.15, 0.2) is 18.2 Å². The third-order valence-corrected chi connectivity index (χ3v) is 4.70. The number of hydrogen-bond donors (Lipinski definition) is 2. The van der Waals surface area contributed by atoms with Gasteiger partial charge in [0.15, 0.2) is 5.78 Å². The summed E-state index contributed by atoms with van der Waals surface area (Å²) in [4.78, 5) is 23.7. The van der Waals surface area contributed by atoms with Gasteiger partial charge in [0.25, 0.3) is 0 Å². The molecule has 1 aliphatic carbocycles. The molecule has 1 heterocycles. The summed E-state index contributed by atoms with van der Waals surface area (Å²) in [7, 11) is 0. The summed E-state index contributed by atoms with van der Waals surface area (Å²) < 4.78 is 18.7. The molecule has 0 amide bonds. The van der Waals surface area contributed by atoms with Gasteiger partial charge in [0.05, 0.1) is 24.1 Å². The molecule has 1 atom stereocenters. The number of Topliss-reactive ketones (excluding diaryl/α,β-unsaturated/α-hetero) is 1. The van der Waals surface area contributed by atoms with E-state index in [9.17, 15) is 14.0 Å². The van der Waals surface area contributed by atoms with Crippen LogP contribution < -0.4 is 10.1 Å². The predicted molar refractivity (Wildman–Crippen MR) is 76.5 cm³/mol. The maximum Gasteiger partial charge on any atom is 0.306 e. The van der Waals surface area contributed by atoms with E-state index in [1.807, 2.05) is 0 Å². The van der Waals surface area contributed by atoms with Gasteiger partial charge in [-0.25, -0.2) is 4.39 Å². The summed E-state index contributed by atoms with van der Waals surface area (Å²) in [5.41, 5.74) is 0.0801. The van der Waals surface area contributed by atoms with E-state index in [4.69, 9.17) is 9.84 Å². The number of halogens is 1. The highest BCUT2D eigenvalue weighted by Gasteiger charge is 2.59. The zero-order chi connectivity index (χ0) is 15.9. The Morgan fingerprint density at radius 1 is 1.45 bits per heavy atom. The second-order valence-corrected chi connectivity index (χ2v) is 6.06. The van der Waals surface area contributed by atoms with Crippen LogP contribution in [-0.4, -0.2) is 36.1 Å². The molecule has 6 heteroatoms. The topological polar surface area (TPSA) is 75.6 Å². The van der Waals surface area contributed by atoms with E-state index in [-0.39, 0.29) is 22.9 Å². The molecular formula is C16H18FNO4. The largest absolute Gasteiger partial charge is 0.493 e. The van der Waals surface area contributed by atoms with Gasteiger partial charge in [-0.2, -0.15) is 0 Å². The van der Waals surface area contributed by atoms with E-state index < -0.39 is 17.8 Å². The highest BCUT2D eigenvalue weighted by Crippen LogP contribution is 2.53. The molecule has 1 aliphatic heterocycles. The molecule has 118 valence electrons. The molecule has 0 radical (unpaired) electrons. The number of carboxylic acid groups (broad SMARTS) is 1. The van der Waals surface area contributed by atoms with Gasteiger partial charge in [-0.1, -0.05) is 0 Å². The Kier molecular flexibility index (Phi) is 3.64. The van der Waals surface area contributed by atoms with Gasteiger partial charge < -0.3 is 15.2 Å². The minimum absolute atomic E-state index is 0.154. The van der Waals surface area contributed by atoms with E-state index >= 15 is 0 Å². The first-order valence-electron chi connectivity index (χ1n) is 7.39. The number of rotatable bonds is 5. The summed E-state index contributed by atoms with van der Waals surface area (Å²) in [5, 5.41) is 12.1. The summed E-state index contributed by atoms with van der Waals surface area (Å²) in [5.74, 6) is -1.53. The molecule has 0 aromatic heterocycles. The first-order valence-corrected chi connectivity index (χ1v) is 7.39. The number of carbonyl (C=O) groups is 2. The fourth-order valence-electron chi connectivity index (χ4n) is 3.47. The first kappa shape index (κ1) is 15.0. The molecule has 1 aromatic carbocycles. The number of ketones is 1. The molecular weight excluding hydrogens is 289 g/mol. The van der Waals surface area contributed by atoms with Gasteiger partial charge >= 0.3 is 5.97 Å². The van der Waals surface area contributed by atoms with Crippen LogP contribution in [0.1, 0.15) is 30.1 Å². The SMILES string of the molecule is CCOc1cc(F)ccc1C(=O)C1NCC12CC(C(=O)O)C2. The third-order valence-electron chi connectivity index (χ3n) is 4.70. The van der Waals surface area contributed by atoms with E-state index in [0.717, 1.165) is 0 Å². The van der Waals surface area contributed by atoms with Crippen molar-refractivity contribution < 1.29 is 23.8 Å². The number of aliphatic carboxylic acids is 1. The Labute approximate surface area is 127 Å². The van der Waals surface area contributed by atoms with Crippen molar-refractivity contribution in [2.75, 3.05) is 13.2 Å². The summed E-state index contributed by atoms with van der Waals surface area (Å²) in [6.45, 7) is 2.76. The van der Waals surface area contributed by atoms with E-state index in [0.29, 0.717) is 31.6 Å². The van der Waals surface area contributed by atoms with Crippen molar-refractivity contribution in [3.05, 3.63) is 29.6 Å². The minimum Gasteiger partial charge on any atom is -0.493 e. The predicted octanol–water partition coefficient (Wildman–Crippen LogP) is 1.86. The lowest BCUT2D eigenvalue weighted by Gasteiger charge is -2.58. The molecule has 2 fully saturated rings. The Morgan fingerprint density at radius 3 is 2.73 bits per heavy atom. The van der Waals surface area contributed by atoms with E-state index in [1.165, 1.54) is 18.2 Å². The lowest BCUT2D eigenvalue weighted by Crippen LogP contribution is -2.71. The Balaban J connectivity index is 1.79. The normalized spacial score (nSPS) is 29.5. The average Bonchev–Trinajstić information content (AvgIpc) is 2.35. The Bertz CT molecular complexity index is 625. The molecule has 5 nitrogen and oxygen atoms in total. The second-order valence-electron chi connectivity index (χ2n) is 6.06. The van der Waals surface area contributed by atoms with Crippen LogP contribution in [-0.2, 0) is 4.79 Å². The van der Waals surface area contributed by atoms with Gasteiger partial charge in [-0.15, -0.1) is 0 Å². The summed E-state index contributed by atoms with van der Waals surface area (Å²) in [6, 6.07) is 3.47. The van der Waals surface area contributed by atoms with Crippen molar-refractivity contribution in [3.63, 3.8) is 0 Å². The van der Waals surface area contributed by atoms with Gasteiger partial charge in [0.2, 0.25) is 0 Å². The van der Waals surface area contributed by atoms with Gasteiger partial charge in [-0.05, 0) is 31.9 Å². The van der Waals surface area contributed by atoms with Crippen LogP contribution in [0, 0.1) is 17.2 Å². The van der Waals surface area contributed by atoms with Crippen LogP contribution >= 0.6 is 0 Å². The number of hydrogen-bond acceptors (Lipinski definition) is 4. The monoisotopic (exact) mass is 307 g/mol. The van der Waals surface area contributed by atoms with E-state index in [1.54, 1.807) is 6.92 Å². The van der Waals surface area contributed by atoms with Crippen molar-refractivity contribution in [2.45, 2.75) is 25.8 Å². The first-order chi connectivity index (χ1) is 10.5. The molecule has 2 N–H and O–H groups in total. The number of nitrogens with one attached hydrogen (secondary N) is 1. The maximum absolute atomic E-state index is 13.3. The van der Waals surface area contributed by atoms with Crippen LogP contribution in [0.5, 0.6) is 5.75 Å². The molecule has 0 bridgehead atoms. The molecule has 1 aromatic rings. The summed E-state index contributed by atoms with van der Waals surface area (Å²) in [6.07, 6.45) is 1.02. The third kappa shape index (κ3) is 2.27. The van der Waals surface area contributed by atoms with Gasteiger partial charge in [-0.3, -0.25) is 9.59 Å². The van der Waals surface area contributed by atoms with E-state index in [2.05, 4.69) is 5.32 Å². The van der Waals surface area contributed by atoms with Crippen molar-refractivity contribution in [1.82, 2.24) is 5.32 Å². The van der Waals surface area contributed by atoms with Gasteiger partial charge in [0, 0.05) is 18.0 Å². The van der Waals surface area contributed by atoms with Crippen LogP contribution in [0.25, 0.3) is 0 Å². The maximum atomic E-state index is 13.3. The van der Waals surface area contributed by atoms with Crippen LogP contribution in [0.3, 0.4) is 0 Å². The van der Waals surface area contributed by atoms with Crippen molar-refractivity contribution in [1.29, 1.82) is 0 Å². The molecule has 3 rings (SSSR count). The molecule has 22 heavy (non-hydrogen) atoms. The van der Waals surface area contributed by atoms with Crippen LogP contribution in [0.4, 0.5) is 4.39 Å². The lowest BCUT2D eigenvalue weighted by atomic mass is 9.53. The molecule has 2 aliphatic rings. The zero-order valence-electron chi connectivity index (χ0n) is 12.3. The highest BCUT2D eigenvalue weighted by molar-refractivity contribution is 6.03. The second kappa shape index (κ2) is 5.35. The smallest absolute Gasteiger partial charge is 0.306 e. The quantitative estimate of drug-likeness (QED) is 0.812. The molecule has 1 saturated carbocycles. The number of benzene rings is 1.